The number of carbonyl (C=O) groups is 2. The summed E-state index contributed by atoms with van der Waals surface area (Å²) < 4.78 is 0. The molecule has 0 aromatic rings. The molecule has 0 rings (SSSR count). The van der Waals surface area contributed by atoms with Gasteiger partial charge in [-0.25, -0.2) is 4.99 Å². The second-order valence-electron chi connectivity index (χ2n) is 2.45. The molecule has 0 saturated heterocycles. The maximum Gasteiger partial charge on any atom is 1.00 e. The van der Waals surface area contributed by atoms with Gasteiger partial charge in [-0.2, -0.15) is 12.6 Å². The molecule has 0 amide bonds. The molecule has 0 heterocycles. The Kier molecular flexibility index (Phi) is 16.5. The Balaban J connectivity index is -0.000000200. The molecule has 7 nitrogen and oxygen atoms in total. The molecule has 9 heteroatoms. The Morgan fingerprint density at radius 1 is 1.44 bits per heavy atom. The maximum atomic E-state index is 9.61. The molecule has 1 unspecified atom stereocenters. The molecule has 1 atom stereocenters. The second kappa shape index (κ2) is 12.6. The normalized spacial score (nSPS) is 9.88. The Bertz CT molecular complexity index is 230. The largest absolute Gasteiger partial charge is 1.00 e. The van der Waals surface area contributed by atoms with Gasteiger partial charge in [0.1, 0.15) is 0 Å². The van der Waals surface area contributed by atoms with Crippen molar-refractivity contribution in [3.8, 4) is 0 Å². The summed E-state index contributed by atoms with van der Waals surface area (Å²) in [5.74, 6) is -2.36. The SMILES string of the molecule is CC(S)N=C(N)N.O=C([O-])CCC(=O)O.[Na+]. The molecule has 0 bridgehead atoms. The molecule has 0 aliphatic carbocycles. The zero-order valence-electron chi connectivity index (χ0n) is 9.21. The minimum Gasteiger partial charge on any atom is -0.550 e. The number of nitrogens with zero attached hydrogens (tertiary/aromatic N) is 1. The van der Waals surface area contributed by atoms with Crippen molar-refractivity contribution in [3.63, 3.8) is 0 Å². The van der Waals surface area contributed by atoms with Crippen LogP contribution in [0.2, 0.25) is 0 Å². The van der Waals surface area contributed by atoms with Crippen LogP contribution in [0.1, 0.15) is 19.8 Å². The number of aliphatic imine (C=N–C) groups is 1. The molecule has 0 aliphatic rings. The Morgan fingerprint density at radius 2 is 1.88 bits per heavy atom. The first kappa shape index (κ1) is 20.9. The minimum atomic E-state index is -1.33. The van der Waals surface area contributed by atoms with Crippen LogP contribution in [-0.2, 0) is 9.59 Å². The number of aliphatic carboxylic acids is 2. The summed E-state index contributed by atoms with van der Waals surface area (Å²) >= 11 is 3.89. The van der Waals surface area contributed by atoms with Crippen LogP contribution in [0.5, 0.6) is 0 Å². The zero-order valence-corrected chi connectivity index (χ0v) is 12.1. The van der Waals surface area contributed by atoms with E-state index in [1.54, 1.807) is 6.92 Å². The summed E-state index contributed by atoms with van der Waals surface area (Å²) in [4.78, 5) is 22.8. The third kappa shape index (κ3) is 29.2. The summed E-state index contributed by atoms with van der Waals surface area (Å²) in [6.07, 6.45) is -0.766. The molecule has 0 saturated carbocycles. The van der Waals surface area contributed by atoms with Gasteiger partial charge in [-0.05, 0) is 13.3 Å². The molecule has 0 aromatic heterocycles. The van der Waals surface area contributed by atoms with Gasteiger partial charge < -0.3 is 26.5 Å². The van der Waals surface area contributed by atoms with Gasteiger partial charge in [-0.1, -0.05) is 0 Å². The van der Waals surface area contributed by atoms with Crippen molar-refractivity contribution in [1.82, 2.24) is 0 Å². The van der Waals surface area contributed by atoms with Gasteiger partial charge in [0.05, 0.1) is 11.8 Å². The number of guanidine groups is 1. The van der Waals surface area contributed by atoms with Gasteiger partial charge >= 0.3 is 35.5 Å². The zero-order chi connectivity index (χ0) is 12.4. The van der Waals surface area contributed by atoms with E-state index in [-0.39, 0.29) is 47.3 Å². The number of carbonyl (C=O) groups excluding carboxylic acids is 1. The van der Waals surface area contributed by atoms with Crippen LogP contribution < -0.4 is 46.1 Å². The van der Waals surface area contributed by atoms with Crippen molar-refractivity contribution in [2.75, 3.05) is 0 Å². The maximum absolute atomic E-state index is 9.61. The topological polar surface area (TPSA) is 142 Å². The van der Waals surface area contributed by atoms with Gasteiger partial charge in [-0.15, -0.1) is 0 Å². The van der Waals surface area contributed by atoms with Gasteiger partial charge in [-0.3, -0.25) is 4.79 Å². The number of nitrogens with two attached hydrogens (primary N) is 2. The van der Waals surface area contributed by atoms with E-state index < -0.39 is 18.4 Å². The first-order valence-electron chi connectivity index (χ1n) is 3.94. The van der Waals surface area contributed by atoms with Crippen molar-refractivity contribution >= 4 is 30.5 Å². The number of carboxylic acids is 2. The van der Waals surface area contributed by atoms with Gasteiger partial charge in [0.2, 0.25) is 0 Å². The predicted octanol–water partition coefficient (Wildman–Crippen LogP) is -4.86. The van der Waals surface area contributed by atoms with Crippen molar-refractivity contribution in [1.29, 1.82) is 0 Å². The Hall–Kier alpha value is -0.440. The fourth-order valence-corrected chi connectivity index (χ4v) is 0.558. The summed E-state index contributed by atoms with van der Waals surface area (Å²) in [7, 11) is 0. The third-order valence-electron chi connectivity index (χ3n) is 0.879. The fraction of sp³-hybridized carbons (Fsp3) is 0.571. The van der Waals surface area contributed by atoms with Crippen LogP contribution in [0.3, 0.4) is 0 Å². The van der Waals surface area contributed by atoms with Gasteiger partial charge in [0, 0.05) is 5.97 Å². The summed E-state index contributed by atoms with van der Waals surface area (Å²) in [6.45, 7) is 1.78. The standard InChI is InChI=1S/C4H6O4.C3H9N3S.Na/c5-3(6)1-2-4(7)8;1-2(7)6-3(4)5;/h1-2H2,(H,5,6)(H,7,8);2,7H,1H3,(H4,4,5,6);/q;;+1/p-1. The first-order valence-corrected chi connectivity index (χ1v) is 4.45. The Labute approximate surface area is 121 Å². The van der Waals surface area contributed by atoms with E-state index in [1.165, 1.54) is 0 Å². The molecular formula is C7H14N3NaO4S. The first-order chi connectivity index (χ1) is 6.75. The van der Waals surface area contributed by atoms with E-state index in [1.807, 2.05) is 0 Å². The summed E-state index contributed by atoms with van der Waals surface area (Å²) in [6, 6.07) is 0. The van der Waals surface area contributed by atoms with E-state index in [0.29, 0.717) is 0 Å². The van der Waals surface area contributed by atoms with Crippen LogP contribution in [0.15, 0.2) is 4.99 Å². The second-order valence-corrected chi connectivity index (χ2v) is 3.20. The van der Waals surface area contributed by atoms with E-state index >= 15 is 0 Å². The van der Waals surface area contributed by atoms with E-state index in [4.69, 9.17) is 16.6 Å². The number of rotatable bonds is 4. The number of carboxylic acid groups (broad SMARTS) is 2. The van der Waals surface area contributed by atoms with Crippen LogP contribution in [-0.4, -0.2) is 28.4 Å². The molecule has 0 radical (unpaired) electrons. The van der Waals surface area contributed by atoms with E-state index in [9.17, 15) is 14.7 Å². The van der Waals surface area contributed by atoms with E-state index in [0.717, 1.165) is 0 Å². The molecule has 0 spiro atoms. The number of hydrogen-bond acceptors (Lipinski definition) is 5. The fourth-order valence-electron chi connectivity index (χ4n) is 0.425. The molecule has 88 valence electrons. The van der Waals surface area contributed by atoms with Gasteiger partial charge in [0.25, 0.3) is 0 Å². The van der Waals surface area contributed by atoms with Crippen LogP contribution in [0.4, 0.5) is 0 Å². The monoisotopic (exact) mass is 259 g/mol. The molecule has 5 N–H and O–H groups in total. The number of hydrogen-bond donors (Lipinski definition) is 4. The molecular weight excluding hydrogens is 245 g/mol. The summed E-state index contributed by atoms with van der Waals surface area (Å²) in [5, 5.41) is 17.3. The van der Waals surface area contributed by atoms with Crippen molar-refractivity contribution in [3.05, 3.63) is 0 Å². The van der Waals surface area contributed by atoms with Crippen LogP contribution in [0.25, 0.3) is 0 Å². The third-order valence-corrected chi connectivity index (χ3v) is 0.994. The van der Waals surface area contributed by atoms with Crippen molar-refractivity contribution in [2.24, 2.45) is 16.5 Å². The molecule has 0 fully saturated rings. The summed E-state index contributed by atoms with van der Waals surface area (Å²) in [5.41, 5.74) is 9.94. The average molecular weight is 259 g/mol. The Morgan fingerprint density at radius 3 is 1.94 bits per heavy atom. The smallest absolute Gasteiger partial charge is 0.550 e. The average Bonchev–Trinajstić information content (AvgIpc) is 1.99. The molecule has 0 aromatic carbocycles. The minimum absolute atomic E-state index is 0. The predicted molar refractivity (Wildman–Crippen MR) is 56.1 cm³/mol. The quantitative estimate of drug-likeness (QED) is 0.173. The van der Waals surface area contributed by atoms with Crippen molar-refractivity contribution < 1.29 is 49.4 Å². The molecule has 0 aliphatic heterocycles. The van der Waals surface area contributed by atoms with Crippen LogP contribution >= 0.6 is 12.6 Å². The molecule has 16 heavy (non-hydrogen) atoms. The number of thiol groups is 1. The van der Waals surface area contributed by atoms with E-state index in [2.05, 4.69) is 17.6 Å². The van der Waals surface area contributed by atoms with Crippen LogP contribution in [0, 0.1) is 0 Å². The van der Waals surface area contributed by atoms with Crippen molar-refractivity contribution in [2.45, 2.75) is 25.1 Å². The van der Waals surface area contributed by atoms with Gasteiger partial charge in [0.15, 0.2) is 5.96 Å².